The summed E-state index contributed by atoms with van der Waals surface area (Å²) in [6.45, 7) is 3.26. The van der Waals surface area contributed by atoms with Crippen LogP contribution in [0.5, 0.6) is 0 Å². The van der Waals surface area contributed by atoms with E-state index < -0.39 is 0 Å². The summed E-state index contributed by atoms with van der Waals surface area (Å²) < 4.78 is 11.3. The third-order valence-electron chi connectivity index (χ3n) is 6.33. The number of esters is 1. The second-order valence-corrected chi connectivity index (χ2v) is 9.48. The zero-order chi connectivity index (χ0) is 24.8. The molecule has 1 aromatic carbocycles. The first-order valence-corrected chi connectivity index (χ1v) is 13.7. The van der Waals surface area contributed by atoms with Crippen molar-refractivity contribution in [3.05, 3.63) is 48.0 Å². The molecule has 3 nitrogen and oxygen atoms in total. The molecule has 1 fully saturated rings. The highest BCUT2D eigenvalue weighted by Crippen LogP contribution is 2.27. The molecule has 1 saturated heterocycles. The molecule has 3 heteroatoms. The third kappa shape index (κ3) is 14.5. The maximum absolute atomic E-state index is 12.1. The van der Waals surface area contributed by atoms with Crippen LogP contribution in [0.2, 0.25) is 0 Å². The van der Waals surface area contributed by atoms with E-state index in [1.165, 1.54) is 57.8 Å². The maximum atomic E-state index is 12.1. The van der Waals surface area contributed by atoms with Crippen molar-refractivity contribution in [3.8, 4) is 23.7 Å². The van der Waals surface area contributed by atoms with Crippen molar-refractivity contribution in [1.82, 2.24) is 0 Å². The van der Waals surface area contributed by atoms with Gasteiger partial charge in [-0.2, -0.15) is 0 Å². The van der Waals surface area contributed by atoms with Gasteiger partial charge in [0.05, 0.1) is 19.1 Å². The van der Waals surface area contributed by atoms with Gasteiger partial charge >= 0.3 is 5.97 Å². The molecule has 0 bridgehead atoms. The minimum atomic E-state index is -0.0830. The van der Waals surface area contributed by atoms with Crippen LogP contribution in [0.15, 0.2) is 42.5 Å². The van der Waals surface area contributed by atoms with Crippen LogP contribution < -0.4 is 0 Å². The van der Waals surface area contributed by atoms with Crippen LogP contribution in [-0.4, -0.2) is 18.7 Å². The lowest BCUT2D eigenvalue weighted by Gasteiger charge is -2.09. The normalized spacial score (nSPS) is 17.0. The van der Waals surface area contributed by atoms with E-state index in [-0.39, 0.29) is 18.0 Å². The zero-order valence-electron chi connectivity index (χ0n) is 21.7. The maximum Gasteiger partial charge on any atom is 0.309 e. The van der Waals surface area contributed by atoms with Crippen LogP contribution in [0.3, 0.4) is 0 Å². The van der Waals surface area contributed by atoms with E-state index in [1.54, 1.807) is 0 Å². The van der Waals surface area contributed by atoms with Gasteiger partial charge in [-0.25, -0.2) is 0 Å². The SMILES string of the molecule is CCCC/C=C/C#CC#CCCCCCCCCCCC1C[C@@H](COCc2ccccc2)OC1=O. The summed E-state index contributed by atoms with van der Waals surface area (Å²) in [5, 5.41) is 0. The number of cyclic esters (lactones) is 1. The number of ether oxygens (including phenoxy) is 2. The first-order chi connectivity index (χ1) is 17.3. The van der Waals surface area contributed by atoms with Crippen molar-refractivity contribution in [2.45, 2.75) is 110 Å². The molecule has 0 aliphatic carbocycles. The Morgan fingerprint density at radius 2 is 1.71 bits per heavy atom. The molecule has 0 spiro atoms. The summed E-state index contributed by atoms with van der Waals surface area (Å²) >= 11 is 0. The van der Waals surface area contributed by atoms with Crippen molar-refractivity contribution in [2.75, 3.05) is 6.61 Å². The standard InChI is InChI=1S/C32H44O3/c1-2-3-4-5-6-7-8-9-10-11-12-13-14-15-16-17-18-22-25-30-26-31(35-32(30)33)28-34-27-29-23-20-19-21-24-29/h5-6,19-21,23-24,30-31H,2-4,11-18,22,25-28H2,1H3/b6-5+/t30?,31-/m0/s1. The van der Waals surface area contributed by atoms with Gasteiger partial charge in [-0.1, -0.05) is 113 Å². The molecule has 0 N–H and O–H groups in total. The quantitative estimate of drug-likeness (QED) is 0.131. The largest absolute Gasteiger partial charge is 0.460 e. The lowest BCUT2D eigenvalue weighted by Crippen LogP contribution is -2.14. The topological polar surface area (TPSA) is 35.5 Å². The molecule has 0 saturated carbocycles. The first kappa shape index (κ1) is 28.7. The van der Waals surface area contributed by atoms with Gasteiger partial charge in [-0.15, -0.1) is 0 Å². The van der Waals surface area contributed by atoms with Crippen LogP contribution in [0.1, 0.15) is 102 Å². The minimum Gasteiger partial charge on any atom is -0.460 e. The van der Waals surface area contributed by atoms with Crippen LogP contribution in [0.4, 0.5) is 0 Å². The fourth-order valence-corrected chi connectivity index (χ4v) is 4.26. The fraction of sp³-hybridized carbons (Fsp3) is 0.594. The summed E-state index contributed by atoms with van der Waals surface area (Å²) in [4.78, 5) is 12.1. The predicted molar refractivity (Wildman–Crippen MR) is 144 cm³/mol. The molecular weight excluding hydrogens is 432 g/mol. The van der Waals surface area contributed by atoms with Gasteiger partial charge in [-0.3, -0.25) is 4.79 Å². The number of unbranched alkanes of at least 4 members (excludes halogenated alkanes) is 10. The Labute approximate surface area is 214 Å². The number of hydrogen-bond acceptors (Lipinski definition) is 3. The Morgan fingerprint density at radius 1 is 0.971 bits per heavy atom. The van der Waals surface area contributed by atoms with E-state index in [1.807, 2.05) is 36.4 Å². The van der Waals surface area contributed by atoms with Crippen LogP contribution in [0, 0.1) is 29.6 Å². The molecule has 2 atom stereocenters. The molecule has 1 heterocycles. The molecule has 0 amide bonds. The number of hydrogen-bond donors (Lipinski definition) is 0. The lowest BCUT2D eigenvalue weighted by atomic mass is 9.97. The summed E-state index contributed by atoms with van der Waals surface area (Å²) in [6.07, 6.45) is 20.1. The number of benzene rings is 1. The highest BCUT2D eigenvalue weighted by molar-refractivity contribution is 5.74. The summed E-state index contributed by atoms with van der Waals surface area (Å²) in [5.41, 5.74) is 1.15. The Kier molecular flexibility index (Phi) is 16.2. The summed E-state index contributed by atoms with van der Waals surface area (Å²) in [6, 6.07) is 10.1. The number of rotatable bonds is 17. The van der Waals surface area contributed by atoms with E-state index >= 15 is 0 Å². The molecule has 0 radical (unpaired) electrons. The van der Waals surface area contributed by atoms with Gasteiger partial charge in [0.2, 0.25) is 0 Å². The van der Waals surface area contributed by atoms with E-state index in [4.69, 9.17) is 9.47 Å². The van der Waals surface area contributed by atoms with Gasteiger partial charge in [0.15, 0.2) is 0 Å². The molecular formula is C32H44O3. The Bertz CT molecular complexity index is 834. The monoisotopic (exact) mass is 476 g/mol. The molecule has 1 aliphatic heterocycles. The van der Waals surface area contributed by atoms with Crippen LogP contribution in [-0.2, 0) is 20.9 Å². The second kappa shape index (κ2) is 19.8. The van der Waals surface area contributed by atoms with E-state index in [0.717, 1.165) is 37.7 Å². The molecule has 1 aliphatic rings. The highest BCUT2D eigenvalue weighted by atomic mass is 16.6. The van der Waals surface area contributed by atoms with Crippen molar-refractivity contribution in [1.29, 1.82) is 0 Å². The van der Waals surface area contributed by atoms with Gasteiger partial charge < -0.3 is 9.47 Å². The fourth-order valence-electron chi connectivity index (χ4n) is 4.26. The first-order valence-electron chi connectivity index (χ1n) is 13.7. The summed E-state index contributed by atoms with van der Waals surface area (Å²) in [5.74, 6) is 12.0. The number of allylic oxidation sites excluding steroid dienone is 2. The summed E-state index contributed by atoms with van der Waals surface area (Å²) in [7, 11) is 0. The van der Waals surface area contributed by atoms with E-state index in [2.05, 4.69) is 36.7 Å². The average Bonchev–Trinajstić information content (AvgIpc) is 3.23. The molecule has 0 aromatic heterocycles. The molecule has 1 unspecified atom stereocenters. The van der Waals surface area contributed by atoms with Crippen molar-refractivity contribution < 1.29 is 14.3 Å². The minimum absolute atomic E-state index is 0.0316. The third-order valence-corrected chi connectivity index (χ3v) is 6.33. The number of carbonyl (C=O) groups is 1. The Morgan fingerprint density at radius 3 is 2.49 bits per heavy atom. The smallest absolute Gasteiger partial charge is 0.309 e. The Balaban J connectivity index is 1.38. The van der Waals surface area contributed by atoms with Gasteiger partial charge in [0.25, 0.3) is 0 Å². The molecule has 35 heavy (non-hydrogen) atoms. The average molecular weight is 477 g/mol. The molecule has 1 aromatic rings. The number of carbonyl (C=O) groups excluding carboxylic acids is 1. The Hall–Kier alpha value is -2.49. The second-order valence-electron chi connectivity index (χ2n) is 9.48. The molecule has 190 valence electrons. The highest BCUT2D eigenvalue weighted by Gasteiger charge is 2.33. The van der Waals surface area contributed by atoms with Crippen LogP contribution >= 0.6 is 0 Å². The lowest BCUT2D eigenvalue weighted by molar-refractivity contribution is -0.146. The van der Waals surface area contributed by atoms with E-state index in [0.29, 0.717) is 13.2 Å². The van der Waals surface area contributed by atoms with Crippen molar-refractivity contribution in [3.63, 3.8) is 0 Å². The molecule has 2 rings (SSSR count). The van der Waals surface area contributed by atoms with Crippen LogP contribution in [0.25, 0.3) is 0 Å². The van der Waals surface area contributed by atoms with Gasteiger partial charge in [0, 0.05) is 6.42 Å². The van der Waals surface area contributed by atoms with E-state index in [9.17, 15) is 4.79 Å². The predicted octanol–water partition coefficient (Wildman–Crippen LogP) is 7.79. The van der Waals surface area contributed by atoms with Crippen molar-refractivity contribution >= 4 is 5.97 Å². The zero-order valence-corrected chi connectivity index (χ0v) is 21.7. The van der Waals surface area contributed by atoms with Gasteiger partial charge in [-0.05, 0) is 49.2 Å². The van der Waals surface area contributed by atoms with Crippen molar-refractivity contribution in [2.24, 2.45) is 5.92 Å². The van der Waals surface area contributed by atoms with Gasteiger partial charge in [0.1, 0.15) is 6.10 Å².